The van der Waals surface area contributed by atoms with Crippen LogP contribution in [0.25, 0.3) is 0 Å². The second-order valence-electron chi connectivity index (χ2n) is 4.35. The fourth-order valence-corrected chi connectivity index (χ4v) is 2.46. The van der Waals surface area contributed by atoms with E-state index in [9.17, 15) is 9.59 Å². The van der Waals surface area contributed by atoms with Gasteiger partial charge in [0.2, 0.25) is 0 Å². The van der Waals surface area contributed by atoms with Crippen LogP contribution in [0.4, 0.5) is 0 Å². The van der Waals surface area contributed by atoms with Crippen molar-refractivity contribution in [2.75, 3.05) is 6.54 Å². The molecule has 0 heterocycles. The zero-order valence-corrected chi connectivity index (χ0v) is 12.0. The molecule has 2 rings (SSSR count). The Hall–Kier alpha value is -1.11. The first-order valence-corrected chi connectivity index (χ1v) is 6.95. The van der Waals surface area contributed by atoms with E-state index in [2.05, 4.69) is 22.6 Å². The van der Waals surface area contributed by atoms with Gasteiger partial charge in [0.15, 0.2) is 0 Å². The summed E-state index contributed by atoms with van der Waals surface area (Å²) in [5.41, 5.74) is 0.662. The molecule has 0 atom stereocenters. The van der Waals surface area contributed by atoms with Gasteiger partial charge in [0.1, 0.15) is 0 Å². The maximum atomic E-state index is 12.4. The van der Waals surface area contributed by atoms with Gasteiger partial charge in [0.25, 0.3) is 5.91 Å². The van der Waals surface area contributed by atoms with Crippen LogP contribution >= 0.6 is 22.6 Å². The normalized spacial score (nSPS) is 14.3. The van der Waals surface area contributed by atoms with E-state index in [0.717, 1.165) is 16.4 Å². The average Bonchev–Trinajstić information content (AvgIpc) is 3.13. The summed E-state index contributed by atoms with van der Waals surface area (Å²) in [6.45, 7) is 0.295. The van der Waals surface area contributed by atoms with Gasteiger partial charge in [-0.1, -0.05) is 12.1 Å². The van der Waals surface area contributed by atoms with Crippen molar-refractivity contribution in [3.8, 4) is 0 Å². The molecule has 1 amide bonds. The summed E-state index contributed by atoms with van der Waals surface area (Å²) in [4.78, 5) is 24.7. The van der Waals surface area contributed by atoms with Crippen molar-refractivity contribution in [2.45, 2.75) is 25.3 Å². The Morgan fingerprint density at radius 3 is 2.56 bits per heavy atom. The number of amides is 1. The van der Waals surface area contributed by atoms with E-state index >= 15 is 0 Å². The third kappa shape index (κ3) is 3.22. The van der Waals surface area contributed by atoms with Crippen LogP contribution in [0.5, 0.6) is 0 Å². The summed E-state index contributed by atoms with van der Waals surface area (Å²) < 4.78 is 0.904. The van der Waals surface area contributed by atoms with Crippen LogP contribution in [0.1, 0.15) is 29.6 Å². The third-order valence-electron chi connectivity index (χ3n) is 2.92. The van der Waals surface area contributed by atoms with Crippen LogP contribution < -0.4 is 0 Å². The minimum absolute atomic E-state index is 0.00561. The summed E-state index contributed by atoms with van der Waals surface area (Å²) in [7, 11) is 0. The van der Waals surface area contributed by atoms with E-state index in [1.54, 1.807) is 11.0 Å². The Bertz CT molecular complexity index is 471. The summed E-state index contributed by atoms with van der Waals surface area (Å²) >= 11 is 2.13. The molecule has 1 aliphatic rings. The Balaban J connectivity index is 2.13. The first kappa shape index (κ1) is 13.3. The van der Waals surface area contributed by atoms with Crippen LogP contribution in [-0.4, -0.2) is 34.5 Å². The second-order valence-corrected chi connectivity index (χ2v) is 5.52. The highest BCUT2D eigenvalue weighted by atomic mass is 127. The molecule has 1 aromatic rings. The van der Waals surface area contributed by atoms with E-state index in [4.69, 9.17) is 5.11 Å². The highest BCUT2D eigenvalue weighted by molar-refractivity contribution is 14.1. The fraction of sp³-hybridized carbons (Fsp3) is 0.385. The molecule has 0 saturated heterocycles. The van der Waals surface area contributed by atoms with Crippen molar-refractivity contribution in [3.63, 3.8) is 0 Å². The van der Waals surface area contributed by atoms with Crippen LogP contribution in [0.3, 0.4) is 0 Å². The van der Waals surface area contributed by atoms with Crippen LogP contribution in [0.2, 0.25) is 0 Å². The zero-order valence-electron chi connectivity index (χ0n) is 9.80. The molecule has 5 heteroatoms. The van der Waals surface area contributed by atoms with E-state index in [0.29, 0.717) is 12.1 Å². The van der Waals surface area contributed by atoms with Crippen LogP contribution in [0.15, 0.2) is 24.3 Å². The standard InChI is InChI=1S/C13H14INO3/c14-11-4-2-1-3-10(11)13(18)15(9-5-6-9)8-7-12(16)17/h1-4,9H,5-8H2,(H,16,17). The lowest BCUT2D eigenvalue weighted by Gasteiger charge is -2.22. The topological polar surface area (TPSA) is 57.6 Å². The quantitative estimate of drug-likeness (QED) is 0.822. The molecular formula is C13H14INO3. The number of hydrogen-bond acceptors (Lipinski definition) is 2. The number of hydrogen-bond donors (Lipinski definition) is 1. The summed E-state index contributed by atoms with van der Waals surface area (Å²) in [5.74, 6) is -0.917. The third-order valence-corrected chi connectivity index (χ3v) is 3.86. The van der Waals surface area contributed by atoms with E-state index in [1.807, 2.05) is 18.2 Å². The van der Waals surface area contributed by atoms with Crippen LogP contribution in [0, 0.1) is 3.57 Å². The van der Waals surface area contributed by atoms with Gasteiger partial charge in [0.05, 0.1) is 12.0 Å². The van der Waals surface area contributed by atoms with Crippen molar-refractivity contribution in [3.05, 3.63) is 33.4 Å². The van der Waals surface area contributed by atoms with Gasteiger partial charge in [-0.25, -0.2) is 0 Å². The zero-order chi connectivity index (χ0) is 13.1. The Labute approximate surface area is 119 Å². The molecule has 0 radical (unpaired) electrons. The minimum Gasteiger partial charge on any atom is -0.481 e. The van der Waals surface area contributed by atoms with Gasteiger partial charge in [-0.2, -0.15) is 0 Å². The van der Waals surface area contributed by atoms with Crippen molar-refractivity contribution < 1.29 is 14.7 Å². The van der Waals surface area contributed by atoms with Gasteiger partial charge in [0, 0.05) is 16.2 Å². The number of carbonyl (C=O) groups excluding carboxylic acids is 1. The van der Waals surface area contributed by atoms with E-state index in [-0.39, 0.29) is 18.4 Å². The molecule has 0 unspecified atom stereocenters. The second kappa shape index (κ2) is 5.69. The Kier molecular flexibility index (Phi) is 4.21. The molecule has 0 bridgehead atoms. The number of nitrogens with zero attached hydrogens (tertiary/aromatic N) is 1. The van der Waals surface area contributed by atoms with E-state index in [1.165, 1.54) is 0 Å². The number of halogens is 1. The Morgan fingerprint density at radius 1 is 1.33 bits per heavy atom. The van der Waals surface area contributed by atoms with Gasteiger partial charge in [-0.15, -0.1) is 0 Å². The number of carbonyl (C=O) groups is 2. The lowest BCUT2D eigenvalue weighted by molar-refractivity contribution is -0.137. The van der Waals surface area contributed by atoms with Crippen molar-refractivity contribution in [1.29, 1.82) is 0 Å². The van der Waals surface area contributed by atoms with Gasteiger partial charge < -0.3 is 10.0 Å². The largest absolute Gasteiger partial charge is 0.481 e. The maximum Gasteiger partial charge on any atom is 0.305 e. The highest BCUT2D eigenvalue weighted by Crippen LogP contribution is 2.29. The molecule has 0 aliphatic heterocycles. The molecule has 18 heavy (non-hydrogen) atoms. The van der Waals surface area contributed by atoms with E-state index < -0.39 is 5.97 Å². The van der Waals surface area contributed by atoms with Crippen LogP contribution in [-0.2, 0) is 4.79 Å². The molecule has 0 aromatic heterocycles. The molecule has 1 aliphatic carbocycles. The van der Waals surface area contributed by atoms with Crippen molar-refractivity contribution in [2.24, 2.45) is 0 Å². The lowest BCUT2D eigenvalue weighted by Crippen LogP contribution is -2.35. The predicted octanol–water partition coefficient (Wildman–Crippen LogP) is 2.37. The molecule has 0 spiro atoms. The summed E-state index contributed by atoms with van der Waals surface area (Å²) in [6.07, 6.45) is 1.97. The van der Waals surface area contributed by atoms with Crippen molar-refractivity contribution in [1.82, 2.24) is 4.90 Å². The smallest absolute Gasteiger partial charge is 0.305 e. The molecule has 4 nitrogen and oxygen atoms in total. The molecule has 1 N–H and O–H groups in total. The molecular weight excluding hydrogens is 345 g/mol. The summed E-state index contributed by atoms with van der Waals surface area (Å²) in [6, 6.07) is 7.62. The fourth-order valence-electron chi connectivity index (χ4n) is 1.84. The summed E-state index contributed by atoms with van der Waals surface area (Å²) in [5, 5.41) is 8.73. The number of benzene rings is 1. The highest BCUT2D eigenvalue weighted by Gasteiger charge is 2.33. The number of carboxylic acids is 1. The number of rotatable bonds is 5. The Morgan fingerprint density at radius 2 is 2.00 bits per heavy atom. The SMILES string of the molecule is O=C(O)CCN(C(=O)c1ccccc1I)C1CC1. The molecule has 1 fully saturated rings. The van der Waals surface area contributed by atoms with Crippen molar-refractivity contribution >= 4 is 34.5 Å². The molecule has 1 saturated carbocycles. The first-order chi connectivity index (χ1) is 8.59. The minimum atomic E-state index is -0.865. The van der Waals surface area contributed by atoms with Gasteiger partial charge in [-0.05, 0) is 47.6 Å². The van der Waals surface area contributed by atoms with Gasteiger partial charge >= 0.3 is 5.97 Å². The van der Waals surface area contributed by atoms with Gasteiger partial charge in [-0.3, -0.25) is 9.59 Å². The number of carboxylic acid groups (broad SMARTS) is 1. The molecule has 1 aromatic carbocycles. The maximum absolute atomic E-state index is 12.4. The predicted molar refractivity (Wildman–Crippen MR) is 75.5 cm³/mol. The lowest BCUT2D eigenvalue weighted by atomic mass is 10.2. The molecule has 96 valence electrons. The monoisotopic (exact) mass is 359 g/mol. The average molecular weight is 359 g/mol. The first-order valence-electron chi connectivity index (χ1n) is 5.87. The number of aliphatic carboxylic acids is 1.